The Balaban J connectivity index is 1.90. The van der Waals surface area contributed by atoms with E-state index in [2.05, 4.69) is 21.3 Å². The largest absolute Gasteiger partial charge is 0.497 e. The topological polar surface area (TPSA) is 91.5 Å². The molecule has 2 rings (SSSR count). The first kappa shape index (κ1) is 20.3. The second kappa shape index (κ2) is 9.60. The Kier molecular flexibility index (Phi) is 7.21. The van der Waals surface area contributed by atoms with E-state index in [9.17, 15) is 9.59 Å². The van der Waals surface area contributed by atoms with E-state index in [0.29, 0.717) is 22.7 Å². The SMILES string of the molecule is COc1cccc(C(=O)NC(=S)Nc2ccc(NC(=S)NC(C)=O)cc2)c1. The van der Waals surface area contributed by atoms with Crippen LogP contribution >= 0.6 is 24.4 Å². The highest BCUT2D eigenvalue weighted by atomic mass is 32.1. The Bertz CT molecular complexity index is 869. The Hall–Kier alpha value is -3.04. The van der Waals surface area contributed by atoms with Gasteiger partial charge in [0.05, 0.1) is 7.11 Å². The summed E-state index contributed by atoms with van der Waals surface area (Å²) in [5, 5.41) is 11.3. The van der Waals surface area contributed by atoms with Gasteiger partial charge in [-0.3, -0.25) is 14.9 Å². The van der Waals surface area contributed by atoms with Crippen LogP contribution in [0.25, 0.3) is 0 Å². The minimum absolute atomic E-state index is 0.164. The number of ether oxygens (including phenoxy) is 1. The first-order chi connectivity index (χ1) is 12.9. The standard InChI is InChI=1S/C18H18N4O3S2/c1-11(23)19-17(26)20-13-6-8-14(9-7-13)21-18(27)22-16(24)12-4-3-5-15(10-12)25-2/h3-10H,1-2H3,(H2,19,20,23,26)(H2,21,22,24,27). The third-order valence-electron chi connectivity index (χ3n) is 3.25. The fourth-order valence-electron chi connectivity index (χ4n) is 2.06. The van der Waals surface area contributed by atoms with Gasteiger partial charge in [0.2, 0.25) is 5.91 Å². The Morgan fingerprint density at radius 1 is 0.889 bits per heavy atom. The average molecular weight is 403 g/mol. The molecule has 2 aromatic carbocycles. The van der Waals surface area contributed by atoms with Crippen molar-refractivity contribution in [3.05, 3.63) is 54.1 Å². The quantitative estimate of drug-likeness (QED) is 0.585. The van der Waals surface area contributed by atoms with Crippen LogP contribution in [0, 0.1) is 0 Å². The van der Waals surface area contributed by atoms with Crippen molar-refractivity contribution in [2.45, 2.75) is 6.92 Å². The van der Waals surface area contributed by atoms with Gasteiger partial charge < -0.3 is 20.7 Å². The van der Waals surface area contributed by atoms with Gasteiger partial charge in [-0.25, -0.2) is 0 Å². The van der Waals surface area contributed by atoms with E-state index in [-0.39, 0.29) is 22.0 Å². The van der Waals surface area contributed by atoms with E-state index in [4.69, 9.17) is 29.2 Å². The van der Waals surface area contributed by atoms with Crippen molar-refractivity contribution in [3.63, 3.8) is 0 Å². The van der Waals surface area contributed by atoms with E-state index in [1.165, 1.54) is 14.0 Å². The van der Waals surface area contributed by atoms with Crippen LogP contribution in [0.5, 0.6) is 5.75 Å². The number of nitrogens with one attached hydrogen (secondary N) is 4. The second-order valence-corrected chi connectivity index (χ2v) is 6.17. The number of hydrogen-bond acceptors (Lipinski definition) is 5. The van der Waals surface area contributed by atoms with Crippen LogP contribution < -0.4 is 26.0 Å². The molecule has 9 heteroatoms. The van der Waals surface area contributed by atoms with Gasteiger partial charge >= 0.3 is 0 Å². The summed E-state index contributed by atoms with van der Waals surface area (Å²) < 4.78 is 5.10. The Morgan fingerprint density at radius 3 is 1.96 bits per heavy atom. The predicted octanol–water partition coefficient (Wildman–Crippen LogP) is 2.65. The van der Waals surface area contributed by atoms with Gasteiger partial charge in [0.1, 0.15) is 5.75 Å². The van der Waals surface area contributed by atoms with Crippen molar-refractivity contribution in [2.75, 3.05) is 17.7 Å². The highest BCUT2D eigenvalue weighted by molar-refractivity contribution is 7.80. The van der Waals surface area contributed by atoms with Crippen LogP contribution in [0.4, 0.5) is 11.4 Å². The molecule has 4 N–H and O–H groups in total. The Morgan fingerprint density at radius 2 is 1.44 bits per heavy atom. The number of anilines is 2. The molecule has 0 aromatic heterocycles. The zero-order chi connectivity index (χ0) is 19.8. The molecule has 2 amide bonds. The first-order valence-corrected chi connectivity index (χ1v) is 8.64. The van der Waals surface area contributed by atoms with E-state index >= 15 is 0 Å². The molecule has 0 unspecified atom stereocenters. The summed E-state index contributed by atoms with van der Waals surface area (Å²) in [6.07, 6.45) is 0. The molecule has 0 atom stereocenters. The Labute approximate surface area is 167 Å². The molecular formula is C18H18N4O3S2. The number of hydrogen-bond donors (Lipinski definition) is 4. The summed E-state index contributed by atoms with van der Waals surface area (Å²) >= 11 is 10.2. The molecule has 0 spiro atoms. The van der Waals surface area contributed by atoms with Crippen LogP contribution in [0.1, 0.15) is 17.3 Å². The molecule has 0 aliphatic heterocycles. The third kappa shape index (κ3) is 6.65. The molecular weight excluding hydrogens is 384 g/mol. The van der Waals surface area contributed by atoms with Crippen LogP contribution in [0.3, 0.4) is 0 Å². The van der Waals surface area contributed by atoms with Crippen LogP contribution in [-0.2, 0) is 4.79 Å². The zero-order valence-electron chi connectivity index (χ0n) is 14.7. The molecule has 0 saturated carbocycles. The fraction of sp³-hybridized carbons (Fsp3) is 0.111. The van der Waals surface area contributed by atoms with Gasteiger partial charge in [0, 0.05) is 23.9 Å². The molecule has 140 valence electrons. The summed E-state index contributed by atoms with van der Waals surface area (Å²) in [4.78, 5) is 23.2. The highest BCUT2D eigenvalue weighted by Gasteiger charge is 2.09. The number of methoxy groups -OCH3 is 1. The lowest BCUT2D eigenvalue weighted by atomic mass is 10.2. The molecule has 0 saturated heterocycles. The van der Waals surface area contributed by atoms with E-state index in [0.717, 1.165) is 0 Å². The van der Waals surface area contributed by atoms with Gasteiger partial charge in [-0.2, -0.15) is 0 Å². The number of carbonyl (C=O) groups excluding carboxylic acids is 2. The summed E-state index contributed by atoms with van der Waals surface area (Å²) in [7, 11) is 1.53. The maximum absolute atomic E-state index is 12.2. The van der Waals surface area contributed by atoms with Crippen molar-refractivity contribution < 1.29 is 14.3 Å². The van der Waals surface area contributed by atoms with Crippen molar-refractivity contribution in [2.24, 2.45) is 0 Å². The van der Waals surface area contributed by atoms with Crippen molar-refractivity contribution in [1.82, 2.24) is 10.6 Å². The average Bonchev–Trinajstić information content (AvgIpc) is 2.62. The van der Waals surface area contributed by atoms with E-state index < -0.39 is 0 Å². The molecule has 0 heterocycles. The number of thiocarbonyl (C=S) groups is 2. The summed E-state index contributed by atoms with van der Waals surface area (Å²) in [5.74, 6) is -0.00458. The summed E-state index contributed by atoms with van der Waals surface area (Å²) in [5.41, 5.74) is 1.82. The van der Waals surface area contributed by atoms with E-state index in [1.54, 1.807) is 48.5 Å². The van der Waals surface area contributed by atoms with Gasteiger partial charge in [0.25, 0.3) is 5.91 Å². The minimum Gasteiger partial charge on any atom is -0.497 e. The zero-order valence-corrected chi connectivity index (χ0v) is 16.3. The molecule has 0 aliphatic rings. The lowest BCUT2D eigenvalue weighted by Crippen LogP contribution is -2.34. The van der Waals surface area contributed by atoms with Crippen LogP contribution in [0.2, 0.25) is 0 Å². The van der Waals surface area contributed by atoms with Crippen molar-refractivity contribution in [3.8, 4) is 5.75 Å². The first-order valence-electron chi connectivity index (χ1n) is 7.82. The fourth-order valence-corrected chi connectivity index (χ4v) is 2.53. The molecule has 27 heavy (non-hydrogen) atoms. The maximum Gasteiger partial charge on any atom is 0.257 e. The van der Waals surface area contributed by atoms with E-state index in [1.807, 2.05) is 0 Å². The molecule has 0 radical (unpaired) electrons. The maximum atomic E-state index is 12.2. The van der Waals surface area contributed by atoms with Crippen LogP contribution in [-0.4, -0.2) is 29.1 Å². The number of benzene rings is 2. The predicted molar refractivity (Wildman–Crippen MR) is 113 cm³/mol. The second-order valence-electron chi connectivity index (χ2n) is 5.35. The number of rotatable bonds is 4. The van der Waals surface area contributed by atoms with Crippen LogP contribution in [0.15, 0.2) is 48.5 Å². The summed E-state index contributed by atoms with van der Waals surface area (Å²) in [6.45, 7) is 1.38. The number of carbonyl (C=O) groups is 2. The number of amides is 2. The molecule has 7 nitrogen and oxygen atoms in total. The summed E-state index contributed by atoms with van der Waals surface area (Å²) in [6, 6.07) is 13.8. The third-order valence-corrected chi connectivity index (χ3v) is 3.66. The van der Waals surface area contributed by atoms with Gasteiger partial charge in [-0.15, -0.1) is 0 Å². The smallest absolute Gasteiger partial charge is 0.257 e. The lowest BCUT2D eigenvalue weighted by Gasteiger charge is -2.12. The molecule has 0 bridgehead atoms. The molecule has 0 aliphatic carbocycles. The molecule has 0 fully saturated rings. The highest BCUT2D eigenvalue weighted by Crippen LogP contribution is 2.14. The normalized spacial score (nSPS) is 9.70. The van der Waals surface area contributed by atoms with Gasteiger partial charge in [-0.05, 0) is 66.9 Å². The van der Waals surface area contributed by atoms with Crippen molar-refractivity contribution >= 4 is 57.8 Å². The van der Waals surface area contributed by atoms with Gasteiger partial charge in [0.15, 0.2) is 10.2 Å². The van der Waals surface area contributed by atoms with Gasteiger partial charge in [-0.1, -0.05) is 6.07 Å². The molecule has 2 aromatic rings. The monoisotopic (exact) mass is 402 g/mol. The minimum atomic E-state index is -0.342. The van der Waals surface area contributed by atoms with Crippen molar-refractivity contribution in [1.29, 1.82) is 0 Å². The lowest BCUT2D eigenvalue weighted by molar-refractivity contribution is -0.117.